The predicted octanol–water partition coefficient (Wildman–Crippen LogP) is 0.431. The SMILES string of the molecule is CCC1C(=O)NCCN1c1cc(C(N)=S)ccn1. The van der Waals surface area contributed by atoms with Crippen molar-refractivity contribution in [3.63, 3.8) is 0 Å². The molecular formula is C12H16N4OS. The average Bonchev–Trinajstić information content (AvgIpc) is 2.38. The van der Waals surface area contributed by atoms with Crippen molar-refractivity contribution in [3.05, 3.63) is 23.9 Å². The minimum Gasteiger partial charge on any atom is -0.389 e. The zero-order chi connectivity index (χ0) is 13.1. The molecule has 0 bridgehead atoms. The number of nitrogens with zero attached hydrogens (tertiary/aromatic N) is 2. The van der Waals surface area contributed by atoms with E-state index in [1.54, 1.807) is 12.3 Å². The van der Waals surface area contributed by atoms with Gasteiger partial charge in [0.15, 0.2) is 0 Å². The summed E-state index contributed by atoms with van der Waals surface area (Å²) in [5, 5.41) is 2.86. The van der Waals surface area contributed by atoms with Crippen molar-refractivity contribution < 1.29 is 4.79 Å². The zero-order valence-electron chi connectivity index (χ0n) is 10.2. The van der Waals surface area contributed by atoms with Crippen LogP contribution in [0.15, 0.2) is 18.3 Å². The van der Waals surface area contributed by atoms with E-state index in [4.69, 9.17) is 18.0 Å². The summed E-state index contributed by atoms with van der Waals surface area (Å²) in [6.07, 6.45) is 2.41. The molecule has 1 aliphatic heterocycles. The number of nitrogens with two attached hydrogens (primary N) is 1. The summed E-state index contributed by atoms with van der Waals surface area (Å²) >= 11 is 4.96. The number of thiocarbonyl (C=S) groups is 1. The fourth-order valence-corrected chi connectivity index (χ4v) is 2.25. The van der Waals surface area contributed by atoms with Gasteiger partial charge in [0.1, 0.15) is 16.8 Å². The van der Waals surface area contributed by atoms with E-state index in [-0.39, 0.29) is 11.9 Å². The second kappa shape index (κ2) is 5.30. The van der Waals surface area contributed by atoms with Gasteiger partial charge in [-0.25, -0.2) is 4.98 Å². The van der Waals surface area contributed by atoms with Crippen molar-refractivity contribution in [1.29, 1.82) is 0 Å². The van der Waals surface area contributed by atoms with E-state index < -0.39 is 0 Å². The number of pyridine rings is 1. The number of carbonyl (C=O) groups excluding carboxylic acids is 1. The predicted molar refractivity (Wildman–Crippen MR) is 74.6 cm³/mol. The topological polar surface area (TPSA) is 71.2 Å². The highest BCUT2D eigenvalue weighted by molar-refractivity contribution is 7.80. The van der Waals surface area contributed by atoms with Crippen LogP contribution in [0.1, 0.15) is 18.9 Å². The molecule has 0 aliphatic carbocycles. The highest BCUT2D eigenvalue weighted by Gasteiger charge is 2.28. The van der Waals surface area contributed by atoms with Crippen molar-refractivity contribution in [1.82, 2.24) is 10.3 Å². The van der Waals surface area contributed by atoms with Crippen LogP contribution in [0, 0.1) is 0 Å². The standard InChI is InChI=1S/C12H16N4OS/c1-2-9-12(17)15-5-6-16(9)10-7-8(11(13)18)3-4-14-10/h3-4,7,9H,2,5-6H2,1H3,(H2,13,18)(H,15,17). The average molecular weight is 264 g/mol. The fraction of sp³-hybridized carbons (Fsp3) is 0.417. The molecule has 2 heterocycles. The molecule has 3 N–H and O–H groups in total. The van der Waals surface area contributed by atoms with Crippen LogP contribution in [0.5, 0.6) is 0 Å². The van der Waals surface area contributed by atoms with Crippen molar-refractivity contribution in [2.45, 2.75) is 19.4 Å². The van der Waals surface area contributed by atoms with Crippen molar-refractivity contribution in [2.75, 3.05) is 18.0 Å². The first-order valence-corrected chi connectivity index (χ1v) is 6.34. The van der Waals surface area contributed by atoms with Gasteiger partial charge in [0.25, 0.3) is 0 Å². The molecule has 1 aromatic heterocycles. The number of piperazine rings is 1. The minimum absolute atomic E-state index is 0.0475. The number of hydrogen-bond acceptors (Lipinski definition) is 4. The first-order valence-electron chi connectivity index (χ1n) is 5.93. The molecule has 5 nitrogen and oxygen atoms in total. The van der Waals surface area contributed by atoms with Crippen molar-refractivity contribution >= 4 is 28.9 Å². The minimum atomic E-state index is -0.173. The van der Waals surface area contributed by atoms with Gasteiger partial charge >= 0.3 is 0 Å². The molecule has 1 saturated heterocycles. The monoisotopic (exact) mass is 264 g/mol. The number of rotatable bonds is 3. The third-order valence-corrected chi connectivity index (χ3v) is 3.28. The maximum Gasteiger partial charge on any atom is 0.242 e. The van der Waals surface area contributed by atoms with E-state index in [0.29, 0.717) is 11.5 Å². The Balaban J connectivity index is 2.31. The lowest BCUT2D eigenvalue weighted by Crippen LogP contribution is -2.55. The Morgan fingerprint density at radius 2 is 2.50 bits per heavy atom. The molecule has 6 heteroatoms. The molecule has 1 atom stereocenters. The van der Waals surface area contributed by atoms with E-state index in [1.165, 1.54) is 0 Å². The Morgan fingerprint density at radius 1 is 1.72 bits per heavy atom. The number of aromatic nitrogens is 1. The van der Waals surface area contributed by atoms with Crippen LogP contribution in [0.2, 0.25) is 0 Å². The van der Waals surface area contributed by atoms with Gasteiger partial charge in [-0.05, 0) is 18.6 Å². The lowest BCUT2D eigenvalue weighted by atomic mass is 10.1. The molecule has 1 aliphatic rings. The largest absolute Gasteiger partial charge is 0.389 e. The maximum absolute atomic E-state index is 11.8. The Labute approximate surface area is 111 Å². The molecule has 0 radical (unpaired) electrons. The molecule has 0 saturated carbocycles. The maximum atomic E-state index is 11.8. The molecule has 1 amide bonds. The molecular weight excluding hydrogens is 248 g/mol. The third kappa shape index (κ3) is 2.43. The number of anilines is 1. The third-order valence-electron chi connectivity index (χ3n) is 3.04. The summed E-state index contributed by atoms with van der Waals surface area (Å²) in [6, 6.07) is 3.44. The summed E-state index contributed by atoms with van der Waals surface area (Å²) in [4.78, 5) is 18.4. The van der Waals surface area contributed by atoms with Crippen LogP contribution in [-0.4, -0.2) is 35.0 Å². The van der Waals surface area contributed by atoms with Gasteiger partial charge in [0.2, 0.25) is 5.91 Å². The Morgan fingerprint density at radius 3 is 3.17 bits per heavy atom. The van der Waals surface area contributed by atoms with Crippen LogP contribution >= 0.6 is 12.2 Å². The molecule has 1 unspecified atom stereocenters. The fourth-order valence-electron chi connectivity index (χ4n) is 2.12. The first-order chi connectivity index (χ1) is 8.63. The second-order valence-electron chi connectivity index (χ2n) is 4.18. The van der Waals surface area contributed by atoms with Crippen LogP contribution < -0.4 is 16.0 Å². The van der Waals surface area contributed by atoms with Gasteiger partial charge in [-0.15, -0.1) is 0 Å². The van der Waals surface area contributed by atoms with Crippen LogP contribution in [-0.2, 0) is 4.79 Å². The summed E-state index contributed by atoms with van der Waals surface area (Å²) in [5.74, 6) is 0.799. The summed E-state index contributed by atoms with van der Waals surface area (Å²) in [5.41, 5.74) is 6.39. The quantitative estimate of drug-likeness (QED) is 0.775. The van der Waals surface area contributed by atoms with Gasteiger partial charge in [0, 0.05) is 24.8 Å². The van der Waals surface area contributed by atoms with Gasteiger partial charge in [0.05, 0.1) is 0 Å². The first kappa shape index (κ1) is 12.8. The molecule has 96 valence electrons. The van der Waals surface area contributed by atoms with Gasteiger partial charge in [-0.3, -0.25) is 4.79 Å². The van der Waals surface area contributed by atoms with E-state index in [1.807, 2.05) is 17.9 Å². The highest BCUT2D eigenvalue weighted by atomic mass is 32.1. The van der Waals surface area contributed by atoms with Gasteiger partial charge in [-0.2, -0.15) is 0 Å². The molecule has 18 heavy (non-hydrogen) atoms. The second-order valence-corrected chi connectivity index (χ2v) is 4.62. The van der Waals surface area contributed by atoms with Crippen LogP contribution in [0.3, 0.4) is 0 Å². The Kier molecular flexibility index (Phi) is 3.76. The molecule has 2 rings (SSSR count). The molecule has 0 aromatic carbocycles. The highest BCUT2D eigenvalue weighted by Crippen LogP contribution is 2.19. The number of hydrogen-bond donors (Lipinski definition) is 2. The smallest absolute Gasteiger partial charge is 0.242 e. The number of carbonyl (C=O) groups is 1. The van der Waals surface area contributed by atoms with Crippen molar-refractivity contribution in [3.8, 4) is 0 Å². The normalized spacial score (nSPS) is 19.5. The zero-order valence-corrected chi connectivity index (χ0v) is 11.0. The number of amides is 1. The van der Waals surface area contributed by atoms with E-state index >= 15 is 0 Å². The summed E-state index contributed by atoms with van der Waals surface area (Å²) in [7, 11) is 0. The lowest BCUT2D eigenvalue weighted by Gasteiger charge is -2.35. The van der Waals surface area contributed by atoms with E-state index in [9.17, 15) is 4.79 Å². The lowest BCUT2D eigenvalue weighted by molar-refractivity contribution is -0.123. The van der Waals surface area contributed by atoms with E-state index in [2.05, 4.69) is 10.3 Å². The van der Waals surface area contributed by atoms with Crippen LogP contribution in [0.4, 0.5) is 5.82 Å². The summed E-state index contributed by atoms with van der Waals surface area (Å²) in [6.45, 7) is 3.37. The number of nitrogens with one attached hydrogen (secondary N) is 1. The Bertz CT molecular complexity index is 477. The molecule has 0 spiro atoms. The van der Waals surface area contributed by atoms with E-state index in [0.717, 1.165) is 24.3 Å². The van der Waals surface area contributed by atoms with Crippen molar-refractivity contribution in [2.24, 2.45) is 5.73 Å². The van der Waals surface area contributed by atoms with Crippen LogP contribution in [0.25, 0.3) is 0 Å². The Hall–Kier alpha value is -1.69. The molecule has 1 fully saturated rings. The van der Waals surface area contributed by atoms with Gasteiger partial charge < -0.3 is 16.0 Å². The van der Waals surface area contributed by atoms with Gasteiger partial charge in [-0.1, -0.05) is 19.1 Å². The summed E-state index contributed by atoms with van der Waals surface area (Å²) < 4.78 is 0. The molecule has 1 aromatic rings.